The zero-order valence-electron chi connectivity index (χ0n) is 16.1. The smallest absolute Gasteiger partial charge is 0.413 e. The van der Waals surface area contributed by atoms with Crippen molar-refractivity contribution in [2.24, 2.45) is 0 Å². The topological polar surface area (TPSA) is 108 Å². The summed E-state index contributed by atoms with van der Waals surface area (Å²) >= 11 is 1.17. The average Bonchev–Trinajstić information content (AvgIpc) is 3.38. The van der Waals surface area contributed by atoms with Crippen molar-refractivity contribution in [2.45, 2.75) is 23.9 Å². The summed E-state index contributed by atoms with van der Waals surface area (Å²) in [5.74, 6) is 1.51. The molecule has 29 heavy (non-hydrogen) atoms. The van der Waals surface area contributed by atoms with Crippen LogP contribution in [0.3, 0.4) is 0 Å². The fraction of sp³-hybridized carbons (Fsp3) is 0.263. The number of imide groups is 1. The largest absolute Gasteiger partial charge is 0.497 e. The fourth-order valence-electron chi connectivity index (χ4n) is 2.52. The molecule has 0 fully saturated rings. The average molecular weight is 416 g/mol. The molecule has 0 saturated carbocycles. The highest BCUT2D eigenvalue weighted by Gasteiger charge is 2.23. The Bertz CT molecular complexity index is 986. The lowest BCUT2D eigenvalue weighted by molar-refractivity contribution is -0.119. The number of carbonyl (C=O) groups excluding carboxylic acids is 2. The van der Waals surface area contributed by atoms with E-state index < -0.39 is 17.3 Å². The van der Waals surface area contributed by atoms with Crippen molar-refractivity contribution in [3.63, 3.8) is 0 Å². The minimum Gasteiger partial charge on any atom is -0.497 e. The zero-order valence-corrected chi connectivity index (χ0v) is 16.9. The van der Waals surface area contributed by atoms with Gasteiger partial charge in [0, 0.05) is 5.56 Å². The van der Waals surface area contributed by atoms with Gasteiger partial charge in [-0.1, -0.05) is 23.9 Å². The van der Waals surface area contributed by atoms with Crippen LogP contribution in [0, 0.1) is 0 Å². The number of hydrogen-bond acceptors (Lipinski definition) is 8. The molecule has 3 rings (SSSR count). The molecule has 2 amide bonds. The van der Waals surface area contributed by atoms with Gasteiger partial charge in [-0.25, -0.2) is 4.79 Å². The van der Waals surface area contributed by atoms with Gasteiger partial charge in [0.15, 0.2) is 11.0 Å². The van der Waals surface area contributed by atoms with Crippen LogP contribution in [0.1, 0.15) is 12.7 Å². The number of furan rings is 1. The minimum atomic E-state index is -0.809. The Labute approximate surface area is 171 Å². The molecule has 0 unspecified atom stereocenters. The van der Waals surface area contributed by atoms with Crippen LogP contribution in [-0.4, -0.2) is 46.2 Å². The highest BCUT2D eigenvalue weighted by molar-refractivity contribution is 8.00. The molecule has 9 nitrogen and oxygen atoms in total. The lowest BCUT2D eigenvalue weighted by Gasteiger charge is -2.12. The Morgan fingerprint density at radius 1 is 1.24 bits per heavy atom. The van der Waals surface area contributed by atoms with Crippen LogP contribution in [0.4, 0.5) is 4.79 Å². The summed E-state index contributed by atoms with van der Waals surface area (Å²) < 4.78 is 17.1. The van der Waals surface area contributed by atoms with Crippen molar-refractivity contribution in [3.05, 3.63) is 48.4 Å². The minimum absolute atomic E-state index is 0.375. The van der Waals surface area contributed by atoms with Crippen molar-refractivity contribution in [1.29, 1.82) is 0 Å². The molecule has 0 radical (unpaired) electrons. The van der Waals surface area contributed by atoms with Gasteiger partial charge in [-0.15, -0.1) is 10.2 Å². The van der Waals surface area contributed by atoms with E-state index in [0.29, 0.717) is 29.0 Å². The molecule has 152 valence electrons. The molecular weight excluding hydrogens is 396 g/mol. The highest BCUT2D eigenvalue weighted by Crippen LogP contribution is 2.29. The fourth-order valence-corrected chi connectivity index (χ4v) is 3.37. The lowest BCUT2D eigenvalue weighted by Crippen LogP contribution is -2.36. The second kappa shape index (κ2) is 9.28. The first-order chi connectivity index (χ1) is 14.0. The molecule has 10 heteroatoms. The van der Waals surface area contributed by atoms with E-state index in [1.165, 1.54) is 18.9 Å². The van der Waals surface area contributed by atoms with Gasteiger partial charge < -0.3 is 13.9 Å². The molecule has 0 spiro atoms. The van der Waals surface area contributed by atoms with Crippen molar-refractivity contribution in [2.75, 3.05) is 14.2 Å². The summed E-state index contributed by atoms with van der Waals surface area (Å²) in [6.45, 7) is 2.04. The molecule has 0 saturated heterocycles. The van der Waals surface area contributed by atoms with Gasteiger partial charge >= 0.3 is 6.09 Å². The highest BCUT2D eigenvalue weighted by atomic mass is 32.2. The van der Waals surface area contributed by atoms with Crippen LogP contribution in [-0.2, 0) is 16.1 Å². The van der Waals surface area contributed by atoms with Crippen molar-refractivity contribution in [3.8, 4) is 17.1 Å². The number of carbonyl (C=O) groups is 2. The van der Waals surface area contributed by atoms with E-state index in [4.69, 9.17) is 9.15 Å². The molecule has 1 atom stereocenters. The molecule has 1 N–H and O–H groups in total. The van der Waals surface area contributed by atoms with E-state index in [2.05, 4.69) is 20.3 Å². The molecule has 2 heterocycles. The van der Waals surface area contributed by atoms with E-state index in [-0.39, 0.29) is 0 Å². The van der Waals surface area contributed by atoms with E-state index in [9.17, 15) is 9.59 Å². The number of amides is 2. The van der Waals surface area contributed by atoms with E-state index in [0.717, 1.165) is 5.56 Å². The number of benzene rings is 1. The first-order valence-corrected chi connectivity index (χ1v) is 9.55. The van der Waals surface area contributed by atoms with E-state index in [1.54, 1.807) is 26.4 Å². The third-order valence-corrected chi connectivity index (χ3v) is 5.08. The number of alkyl carbamates (subject to hydrolysis) is 1. The molecule has 0 aliphatic carbocycles. The molecule has 3 aromatic rings. The van der Waals surface area contributed by atoms with Crippen LogP contribution >= 0.6 is 11.8 Å². The summed E-state index contributed by atoms with van der Waals surface area (Å²) in [6.07, 6.45) is 0.779. The van der Waals surface area contributed by atoms with E-state index >= 15 is 0 Å². The quantitative estimate of drug-likeness (QED) is 0.586. The Morgan fingerprint density at radius 3 is 2.76 bits per heavy atom. The standard InChI is InChI=1S/C19H20N4O5S/c1-12(17(24)20-19(25)27-3)29-18-22-21-16(13-6-4-7-14(10-13)26-2)23(18)11-15-8-5-9-28-15/h4-10,12H,11H2,1-3H3,(H,20,24,25)/t12-/m1/s1. The third-order valence-electron chi connectivity index (χ3n) is 4.00. The monoisotopic (exact) mass is 416 g/mol. The summed E-state index contributed by atoms with van der Waals surface area (Å²) in [5, 5.41) is 10.6. The predicted molar refractivity (Wildman–Crippen MR) is 106 cm³/mol. The van der Waals surface area contributed by atoms with Gasteiger partial charge in [-0.3, -0.25) is 14.7 Å². The Balaban J connectivity index is 1.91. The molecule has 0 aliphatic heterocycles. The third kappa shape index (κ3) is 4.96. The van der Waals surface area contributed by atoms with Crippen LogP contribution in [0.25, 0.3) is 11.4 Å². The number of methoxy groups -OCH3 is 2. The first-order valence-electron chi connectivity index (χ1n) is 8.67. The summed E-state index contributed by atoms with van der Waals surface area (Å²) in [4.78, 5) is 23.5. The maximum atomic E-state index is 12.2. The zero-order chi connectivity index (χ0) is 20.8. The predicted octanol–water partition coefficient (Wildman–Crippen LogP) is 2.96. The van der Waals surface area contributed by atoms with Gasteiger partial charge in [0.1, 0.15) is 11.5 Å². The number of nitrogens with zero attached hydrogens (tertiary/aromatic N) is 3. The molecule has 0 aliphatic rings. The SMILES string of the molecule is COC(=O)NC(=O)[C@@H](C)Sc1nnc(-c2cccc(OC)c2)n1Cc1ccco1. The van der Waals surface area contributed by atoms with Crippen molar-refractivity contribution in [1.82, 2.24) is 20.1 Å². The van der Waals surface area contributed by atoms with E-state index in [1.807, 2.05) is 34.9 Å². The van der Waals surface area contributed by atoms with Crippen LogP contribution in [0.5, 0.6) is 5.75 Å². The number of nitrogens with one attached hydrogen (secondary N) is 1. The molecular formula is C19H20N4O5S. The molecule has 1 aromatic carbocycles. The lowest BCUT2D eigenvalue weighted by atomic mass is 10.2. The number of ether oxygens (including phenoxy) is 2. The number of hydrogen-bond donors (Lipinski definition) is 1. The number of rotatable bonds is 7. The Kier molecular flexibility index (Phi) is 6.55. The summed E-state index contributed by atoms with van der Waals surface area (Å²) in [7, 11) is 2.79. The Hall–Kier alpha value is -3.27. The maximum absolute atomic E-state index is 12.2. The van der Waals surface area contributed by atoms with Gasteiger partial charge in [0.05, 0.1) is 32.3 Å². The number of aromatic nitrogens is 3. The summed E-state index contributed by atoms with van der Waals surface area (Å²) in [5.41, 5.74) is 0.807. The second-order valence-corrected chi connectivity index (χ2v) is 7.25. The van der Waals surface area contributed by atoms with Gasteiger partial charge in [-0.05, 0) is 31.2 Å². The summed E-state index contributed by atoms with van der Waals surface area (Å²) in [6, 6.07) is 11.1. The Morgan fingerprint density at radius 2 is 2.07 bits per heavy atom. The van der Waals surface area contributed by atoms with Crippen LogP contribution in [0.15, 0.2) is 52.2 Å². The normalized spacial score (nSPS) is 11.7. The number of thioether (sulfide) groups is 1. The first kappa shape index (κ1) is 20.5. The molecule has 2 aromatic heterocycles. The van der Waals surface area contributed by atoms with Crippen LogP contribution in [0.2, 0.25) is 0 Å². The van der Waals surface area contributed by atoms with Crippen molar-refractivity contribution >= 4 is 23.8 Å². The van der Waals surface area contributed by atoms with Crippen LogP contribution < -0.4 is 10.1 Å². The van der Waals surface area contributed by atoms with Gasteiger partial charge in [0.2, 0.25) is 5.91 Å². The maximum Gasteiger partial charge on any atom is 0.413 e. The van der Waals surface area contributed by atoms with Gasteiger partial charge in [0.25, 0.3) is 0 Å². The van der Waals surface area contributed by atoms with Gasteiger partial charge in [-0.2, -0.15) is 0 Å². The molecule has 0 bridgehead atoms. The second-order valence-electron chi connectivity index (χ2n) is 5.94. The van der Waals surface area contributed by atoms with Crippen molar-refractivity contribution < 1.29 is 23.5 Å².